The molecule has 0 unspecified atom stereocenters. The average molecular weight is 354 g/mol. The van der Waals surface area contributed by atoms with Crippen molar-refractivity contribution >= 4 is 22.1 Å². The molecule has 0 aliphatic carbocycles. The number of carbonyl (C=O) groups excluding carboxylic acids is 2. The van der Waals surface area contributed by atoms with Gasteiger partial charge in [-0.2, -0.15) is 8.42 Å². The Balaban J connectivity index is 0. The number of aliphatic carboxylic acids is 1. The maximum absolute atomic E-state index is 10.8. The largest absolute Gasteiger partial charge is 0.544 e. The van der Waals surface area contributed by atoms with E-state index in [1.807, 2.05) is 0 Å². The number of hydrogen-bond acceptors (Lipinski definition) is 7. The predicted octanol–water partition coefficient (Wildman–Crippen LogP) is -1.33. The molecule has 1 N–H and O–H groups in total. The summed E-state index contributed by atoms with van der Waals surface area (Å²) < 4.78 is 29.7. The molecule has 23 heavy (non-hydrogen) atoms. The number of hydrogen-bond donors (Lipinski definition) is 1. The SMILES string of the molecule is C=CC(=O)ON(CC)CCCS(=O)(=O)O.C[N+](C)(C)CC(=O)[O-]. The molecule has 0 aliphatic rings. The van der Waals surface area contributed by atoms with Gasteiger partial charge in [0.05, 0.1) is 32.9 Å². The van der Waals surface area contributed by atoms with Crippen LogP contribution in [0.25, 0.3) is 0 Å². The van der Waals surface area contributed by atoms with Crippen molar-refractivity contribution in [3.8, 4) is 0 Å². The zero-order valence-electron chi connectivity index (χ0n) is 14.0. The summed E-state index contributed by atoms with van der Waals surface area (Å²) >= 11 is 0. The van der Waals surface area contributed by atoms with E-state index in [4.69, 9.17) is 9.39 Å². The summed E-state index contributed by atoms with van der Waals surface area (Å²) in [4.78, 5) is 25.4. The van der Waals surface area contributed by atoms with Crippen LogP contribution in [0.2, 0.25) is 0 Å². The molecule has 0 bridgehead atoms. The summed E-state index contributed by atoms with van der Waals surface area (Å²) in [6.45, 7) is 5.74. The van der Waals surface area contributed by atoms with Gasteiger partial charge < -0.3 is 19.2 Å². The Morgan fingerprint density at radius 3 is 2.13 bits per heavy atom. The van der Waals surface area contributed by atoms with Crippen LogP contribution < -0.4 is 5.11 Å². The highest BCUT2D eigenvalue weighted by atomic mass is 32.2. The first kappa shape index (κ1) is 23.8. The van der Waals surface area contributed by atoms with E-state index in [0.29, 0.717) is 11.0 Å². The third kappa shape index (κ3) is 20.5. The number of quaternary nitrogens is 1. The van der Waals surface area contributed by atoms with E-state index in [1.165, 1.54) is 5.06 Å². The van der Waals surface area contributed by atoms with E-state index in [9.17, 15) is 23.1 Å². The highest BCUT2D eigenvalue weighted by molar-refractivity contribution is 7.85. The number of rotatable bonds is 9. The minimum atomic E-state index is -3.95. The molecular formula is C13H26N2O7S. The zero-order chi connectivity index (χ0) is 18.7. The van der Waals surface area contributed by atoms with Crippen molar-refractivity contribution in [3.05, 3.63) is 12.7 Å². The first-order valence-electron chi connectivity index (χ1n) is 6.85. The molecule has 0 aromatic rings. The van der Waals surface area contributed by atoms with Gasteiger partial charge in [0.2, 0.25) is 0 Å². The maximum atomic E-state index is 10.8. The third-order valence-electron chi connectivity index (χ3n) is 2.15. The Morgan fingerprint density at radius 1 is 1.35 bits per heavy atom. The zero-order valence-corrected chi connectivity index (χ0v) is 14.8. The molecule has 0 spiro atoms. The van der Waals surface area contributed by atoms with Gasteiger partial charge in [-0.15, -0.1) is 5.06 Å². The number of likely N-dealkylation sites (N-methyl/N-ethyl adjacent to an activating group) is 1. The van der Waals surface area contributed by atoms with E-state index in [1.54, 1.807) is 28.1 Å². The normalized spacial score (nSPS) is 11.4. The first-order valence-corrected chi connectivity index (χ1v) is 8.46. The Labute approximate surface area is 137 Å². The van der Waals surface area contributed by atoms with Crippen LogP contribution in [0.1, 0.15) is 13.3 Å². The molecule has 0 heterocycles. The molecule has 0 amide bonds. The molecule has 0 saturated carbocycles. The summed E-state index contributed by atoms with van der Waals surface area (Å²) in [5, 5.41) is 11.2. The van der Waals surface area contributed by atoms with E-state index in [0.717, 1.165) is 6.08 Å². The Hall–Kier alpha value is -1.49. The fraction of sp³-hybridized carbons (Fsp3) is 0.692. The fourth-order valence-electron chi connectivity index (χ4n) is 1.24. The van der Waals surface area contributed by atoms with Gasteiger partial charge in [-0.25, -0.2) is 4.79 Å². The lowest BCUT2D eigenvalue weighted by atomic mass is 10.5. The molecule has 0 rings (SSSR count). The molecule has 0 radical (unpaired) electrons. The molecule has 10 heteroatoms. The van der Waals surface area contributed by atoms with Gasteiger partial charge in [0.1, 0.15) is 6.54 Å². The van der Waals surface area contributed by atoms with Crippen molar-refractivity contribution in [1.29, 1.82) is 0 Å². The second-order valence-electron chi connectivity index (χ2n) is 5.60. The van der Waals surface area contributed by atoms with E-state index in [2.05, 4.69) is 6.58 Å². The summed E-state index contributed by atoms with van der Waals surface area (Å²) in [7, 11) is 1.45. The quantitative estimate of drug-likeness (QED) is 0.234. The van der Waals surface area contributed by atoms with Crippen LogP contribution in [-0.4, -0.2) is 81.0 Å². The van der Waals surface area contributed by atoms with Gasteiger partial charge >= 0.3 is 5.97 Å². The minimum Gasteiger partial charge on any atom is -0.544 e. The Morgan fingerprint density at radius 2 is 1.87 bits per heavy atom. The summed E-state index contributed by atoms with van der Waals surface area (Å²) in [5.41, 5.74) is 0. The van der Waals surface area contributed by atoms with Gasteiger partial charge in [0, 0.05) is 19.2 Å². The molecule has 0 fully saturated rings. The highest BCUT2D eigenvalue weighted by Gasteiger charge is 2.10. The third-order valence-corrected chi connectivity index (χ3v) is 2.96. The van der Waals surface area contributed by atoms with Gasteiger partial charge in [-0.3, -0.25) is 4.55 Å². The Kier molecular flexibility index (Phi) is 11.5. The van der Waals surface area contributed by atoms with E-state index >= 15 is 0 Å². The number of carboxylic acid groups (broad SMARTS) is 1. The van der Waals surface area contributed by atoms with Crippen molar-refractivity contribution in [2.75, 3.05) is 46.5 Å². The van der Waals surface area contributed by atoms with Crippen LogP contribution in [0.3, 0.4) is 0 Å². The Bertz CT molecular complexity index is 483. The van der Waals surface area contributed by atoms with Crippen molar-refractivity contribution in [2.24, 2.45) is 0 Å². The molecule has 0 aromatic heterocycles. The average Bonchev–Trinajstić information content (AvgIpc) is 2.33. The molecule has 0 atom stereocenters. The molecule has 0 aliphatic heterocycles. The number of carboxylic acids is 1. The smallest absolute Gasteiger partial charge is 0.349 e. The molecule has 0 saturated heterocycles. The molecule has 136 valence electrons. The second kappa shape index (κ2) is 11.1. The first-order chi connectivity index (χ1) is 10.3. The molecule has 0 aromatic carbocycles. The maximum Gasteiger partial charge on any atom is 0.349 e. The number of hydroxylamine groups is 2. The lowest BCUT2D eigenvalue weighted by Crippen LogP contribution is -2.45. The fourth-order valence-corrected chi connectivity index (χ4v) is 1.74. The minimum absolute atomic E-state index is 0.0694. The lowest BCUT2D eigenvalue weighted by Gasteiger charge is -2.23. The summed E-state index contributed by atoms with van der Waals surface area (Å²) in [5.74, 6) is -1.95. The van der Waals surface area contributed by atoms with Gasteiger partial charge in [-0.1, -0.05) is 6.58 Å². The monoisotopic (exact) mass is 354 g/mol. The van der Waals surface area contributed by atoms with Crippen LogP contribution in [-0.2, 0) is 24.5 Å². The van der Waals surface area contributed by atoms with Gasteiger partial charge in [0.25, 0.3) is 10.1 Å². The highest BCUT2D eigenvalue weighted by Crippen LogP contribution is 1.96. The number of carbonyl (C=O) groups is 2. The summed E-state index contributed by atoms with van der Waals surface area (Å²) in [6, 6.07) is 0. The van der Waals surface area contributed by atoms with Gasteiger partial charge in [0.15, 0.2) is 0 Å². The van der Waals surface area contributed by atoms with Crippen molar-refractivity contribution in [1.82, 2.24) is 5.06 Å². The van der Waals surface area contributed by atoms with Crippen molar-refractivity contribution in [2.45, 2.75) is 13.3 Å². The molecule has 9 nitrogen and oxygen atoms in total. The molecular weight excluding hydrogens is 328 g/mol. The van der Waals surface area contributed by atoms with Gasteiger partial charge in [-0.05, 0) is 13.3 Å². The topological polar surface area (TPSA) is 124 Å². The second-order valence-corrected chi connectivity index (χ2v) is 7.17. The van der Waals surface area contributed by atoms with E-state index < -0.39 is 22.1 Å². The van der Waals surface area contributed by atoms with E-state index in [-0.39, 0.29) is 25.3 Å². The van der Waals surface area contributed by atoms with Crippen LogP contribution >= 0.6 is 0 Å². The number of nitrogens with zero attached hydrogens (tertiary/aromatic N) is 2. The van der Waals surface area contributed by atoms with Crippen LogP contribution in [0.4, 0.5) is 0 Å². The van der Waals surface area contributed by atoms with Crippen molar-refractivity contribution < 1.29 is 37.0 Å². The lowest BCUT2D eigenvalue weighted by molar-refractivity contribution is -0.864. The van der Waals surface area contributed by atoms with Crippen LogP contribution in [0.5, 0.6) is 0 Å². The standard InChI is InChI=1S/C8H15NO5S.C5H11NO2/c1-3-8(10)14-9(4-2)6-5-7-15(11,12)13;1-6(2,3)4-5(7)8/h3H,1,4-7H2,2H3,(H,11,12,13);4H2,1-3H3. The predicted molar refractivity (Wildman–Crippen MR) is 82.5 cm³/mol. The van der Waals surface area contributed by atoms with Crippen molar-refractivity contribution in [3.63, 3.8) is 0 Å². The summed E-state index contributed by atoms with van der Waals surface area (Å²) in [6.07, 6.45) is 1.21. The van der Waals surface area contributed by atoms with Crippen LogP contribution in [0.15, 0.2) is 12.7 Å². The van der Waals surface area contributed by atoms with Crippen LogP contribution in [0, 0.1) is 0 Å².